The van der Waals surface area contributed by atoms with Crippen molar-refractivity contribution >= 4 is 11.6 Å². The van der Waals surface area contributed by atoms with E-state index in [-0.39, 0.29) is 0 Å². The fourth-order valence-corrected chi connectivity index (χ4v) is 1.29. The van der Waals surface area contributed by atoms with Crippen molar-refractivity contribution in [3.63, 3.8) is 0 Å². The Balaban J connectivity index is 3.05. The van der Waals surface area contributed by atoms with E-state index < -0.39 is 0 Å². The molecule has 0 aliphatic heterocycles. The van der Waals surface area contributed by atoms with Gasteiger partial charge in [0.25, 0.3) is 0 Å². The van der Waals surface area contributed by atoms with Gasteiger partial charge in [-0.1, -0.05) is 30.7 Å². The van der Waals surface area contributed by atoms with Gasteiger partial charge in [-0.2, -0.15) is 0 Å². The van der Waals surface area contributed by atoms with Crippen molar-refractivity contribution in [3.05, 3.63) is 41.4 Å². The molecular weight excluding hydrogens is 184 g/mol. The minimum atomic E-state index is 0.325. The molecule has 70 valence electrons. The number of benzene rings is 1. The van der Waals surface area contributed by atoms with E-state index in [9.17, 15) is 0 Å². The number of hydrogen-bond donors (Lipinski definition) is 0. The van der Waals surface area contributed by atoms with Gasteiger partial charge in [-0.15, -0.1) is 6.58 Å². The molecule has 0 fully saturated rings. The van der Waals surface area contributed by atoms with Crippen LogP contribution in [0.2, 0.25) is 5.02 Å². The highest BCUT2D eigenvalue weighted by Gasteiger charge is 2.05. The molecule has 1 unspecified atom stereocenters. The van der Waals surface area contributed by atoms with Crippen molar-refractivity contribution in [2.24, 2.45) is 0 Å². The predicted molar refractivity (Wildman–Crippen MR) is 56.6 cm³/mol. The minimum Gasteiger partial charge on any atom is -0.495 e. The van der Waals surface area contributed by atoms with Gasteiger partial charge in [-0.3, -0.25) is 0 Å². The van der Waals surface area contributed by atoms with E-state index in [4.69, 9.17) is 16.3 Å². The van der Waals surface area contributed by atoms with Crippen LogP contribution in [0.1, 0.15) is 18.4 Å². The number of methoxy groups -OCH3 is 1. The fraction of sp³-hybridized carbons (Fsp3) is 0.273. The Morgan fingerprint density at radius 2 is 2.23 bits per heavy atom. The van der Waals surface area contributed by atoms with E-state index in [0.717, 1.165) is 5.56 Å². The van der Waals surface area contributed by atoms with Crippen molar-refractivity contribution in [2.75, 3.05) is 7.11 Å². The maximum Gasteiger partial charge on any atom is 0.137 e. The van der Waals surface area contributed by atoms with Crippen molar-refractivity contribution in [2.45, 2.75) is 12.8 Å². The number of allylic oxidation sites excluding steroid dienone is 1. The predicted octanol–water partition coefficient (Wildman–Crippen LogP) is 3.64. The molecule has 1 atom stereocenters. The zero-order chi connectivity index (χ0) is 9.84. The van der Waals surface area contributed by atoms with Crippen molar-refractivity contribution in [1.82, 2.24) is 0 Å². The molecule has 2 heteroatoms. The molecule has 0 N–H and O–H groups in total. The van der Waals surface area contributed by atoms with Crippen LogP contribution in [-0.2, 0) is 0 Å². The second-order valence-electron chi connectivity index (χ2n) is 2.92. The van der Waals surface area contributed by atoms with E-state index in [1.165, 1.54) is 0 Å². The minimum absolute atomic E-state index is 0.325. The second kappa shape index (κ2) is 4.33. The average molecular weight is 197 g/mol. The van der Waals surface area contributed by atoms with Gasteiger partial charge in [-0.25, -0.2) is 0 Å². The normalized spacial score (nSPS) is 12.2. The third kappa shape index (κ3) is 2.25. The zero-order valence-corrected chi connectivity index (χ0v) is 8.64. The molecule has 0 radical (unpaired) electrons. The lowest BCUT2D eigenvalue weighted by atomic mass is 10.0. The van der Waals surface area contributed by atoms with Crippen molar-refractivity contribution in [3.8, 4) is 5.75 Å². The van der Waals surface area contributed by atoms with Gasteiger partial charge < -0.3 is 4.74 Å². The molecule has 0 bridgehead atoms. The summed E-state index contributed by atoms with van der Waals surface area (Å²) < 4.78 is 5.11. The molecule has 1 aromatic carbocycles. The summed E-state index contributed by atoms with van der Waals surface area (Å²) in [6, 6.07) is 5.77. The van der Waals surface area contributed by atoms with E-state index in [2.05, 4.69) is 13.5 Å². The summed E-state index contributed by atoms with van der Waals surface area (Å²) in [7, 11) is 1.61. The molecule has 0 aromatic heterocycles. The Kier molecular flexibility index (Phi) is 3.38. The van der Waals surface area contributed by atoms with Crippen LogP contribution in [0.4, 0.5) is 0 Å². The summed E-state index contributed by atoms with van der Waals surface area (Å²) >= 11 is 5.89. The highest BCUT2D eigenvalue weighted by atomic mass is 35.5. The summed E-state index contributed by atoms with van der Waals surface area (Å²) in [6.45, 7) is 5.82. The maximum absolute atomic E-state index is 5.89. The van der Waals surface area contributed by atoms with Gasteiger partial charge in [0.1, 0.15) is 5.75 Å². The smallest absolute Gasteiger partial charge is 0.137 e. The molecule has 1 rings (SSSR count). The topological polar surface area (TPSA) is 9.23 Å². The van der Waals surface area contributed by atoms with Gasteiger partial charge in [0.05, 0.1) is 12.1 Å². The first-order valence-corrected chi connectivity index (χ1v) is 4.52. The van der Waals surface area contributed by atoms with Gasteiger partial charge in [0, 0.05) is 0 Å². The summed E-state index contributed by atoms with van der Waals surface area (Å²) in [6.07, 6.45) is 1.89. The van der Waals surface area contributed by atoms with Crippen LogP contribution >= 0.6 is 11.6 Å². The molecule has 1 nitrogen and oxygen atoms in total. The summed E-state index contributed by atoms with van der Waals surface area (Å²) in [5, 5.41) is 0.641. The summed E-state index contributed by atoms with van der Waals surface area (Å²) in [5.41, 5.74) is 1.16. The lowest BCUT2D eigenvalue weighted by molar-refractivity contribution is 0.414. The van der Waals surface area contributed by atoms with E-state index in [1.807, 2.05) is 24.3 Å². The summed E-state index contributed by atoms with van der Waals surface area (Å²) in [5.74, 6) is 1.04. The van der Waals surface area contributed by atoms with E-state index >= 15 is 0 Å². The SMILES string of the molecule is C=CC(C)c1ccc(Cl)c(OC)c1. The van der Waals surface area contributed by atoms with Gasteiger partial charge in [-0.05, 0) is 23.6 Å². The van der Waals surface area contributed by atoms with Crippen molar-refractivity contribution < 1.29 is 4.74 Å². The first-order valence-electron chi connectivity index (χ1n) is 4.15. The van der Waals surface area contributed by atoms with E-state index in [1.54, 1.807) is 7.11 Å². The second-order valence-corrected chi connectivity index (χ2v) is 3.33. The molecule has 1 aromatic rings. The lowest BCUT2D eigenvalue weighted by Gasteiger charge is -2.09. The molecule has 0 saturated carbocycles. The number of rotatable bonds is 3. The third-order valence-corrected chi connectivity index (χ3v) is 2.37. The van der Waals surface area contributed by atoms with Crippen LogP contribution in [0.3, 0.4) is 0 Å². The molecule has 0 saturated heterocycles. The van der Waals surface area contributed by atoms with Crippen LogP contribution in [0.25, 0.3) is 0 Å². The fourth-order valence-electron chi connectivity index (χ4n) is 1.10. The Morgan fingerprint density at radius 1 is 1.54 bits per heavy atom. The average Bonchev–Trinajstić information content (AvgIpc) is 2.17. The quantitative estimate of drug-likeness (QED) is 0.671. The largest absolute Gasteiger partial charge is 0.495 e. The molecule has 13 heavy (non-hydrogen) atoms. The monoisotopic (exact) mass is 196 g/mol. The maximum atomic E-state index is 5.89. The van der Waals surface area contributed by atoms with Crippen LogP contribution < -0.4 is 4.74 Å². The Hall–Kier alpha value is -0.950. The van der Waals surface area contributed by atoms with Crippen LogP contribution in [0.5, 0.6) is 5.75 Å². The molecule has 0 aliphatic rings. The Bertz CT molecular complexity index is 307. The van der Waals surface area contributed by atoms with Crippen LogP contribution in [0.15, 0.2) is 30.9 Å². The van der Waals surface area contributed by atoms with Crippen LogP contribution in [0, 0.1) is 0 Å². The highest BCUT2D eigenvalue weighted by Crippen LogP contribution is 2.28. The lowest BCUT2D eigenvalue weighted by Crippen LogP contribution is -1.91. The number of halogens is 1. The molecule has 0 heterocycles. The first kappa shape index (κ1) is 10.1. The summed E-state index contributed by atoms with van der Waals surface area (Å²) in [4.78, 5) is 0. The van der Waals surface area contributed by atoms with E-state index in [0.29, 0.717) is 16.7 Å². The molecular formula is C11H13ClO. The van der Waals surface area contributed by atoms with Gasteiger partial charge >= 0.3 is 0 Å². The molecule has 0 amide bonds. The third-order valence-electron chi connectivity index (χ3n) is 2.05. The van der Waals surface area contributed by atoms with Crippen molar-refractivity contribution in [1.29, 1.82) is 0 Å². The number of hydrogen-bond acceptors (Lipinski definition) is 1. The number of ether oxygens (including phenoxy) is 1. The van der Waals surface area contributed by atoms with Crippen LogP contribution in [-0.4, -0.2) is 7.11 Å². The standard InChI is InChI=1S/C11H13ClO/c1-4-8(2)9-5-6-10(12)11(7-9)13-3/h4-8H,1H2,2-3H3. The molecule has 0 spiro atoms. The molecule has 0 aliphatic carbocycles. The highest BCUT2D eigenvalue weighted by molar-refractivity contribution is 6.32. The zero-order valence-electron chi connectivity index (χ0n) is 7.88. The first-order chi connectivity index (χ1) is 6.19. The van der Waals surface area contributed by atoms with Gasteiger partial charge in [0.2, 0.25) is 0 Å². The van der Waals surface area contributed by atoms with Gasteiger partial charge in [0.15, 0.2) is 0 Å². The Morgan fingerprint density at radius 3 is 2.77 bits per heavy atom. The Labute approximate surface area is 84.0 Å².